The van der Waals surface area contributed by atoms with Gasteiger partial charge < -0.3 is 14.7 Å². The maximum atomic E-state index is 10.5. The molecule has 2 atom stereocenters. The highest BCUT2D eigenvalue weighted by atomic mass is 16.5. The van der Waals surface area contributed by atoms with Gasteiger partial charge in [-0.15, -0.1) is 5.10 Å². The number of aromatic nitrogens is 2. The highest BCUT2D eigenvalue weighted by molar-refractivity contribution is 5.93. The second kappa shape index (κ2) is 6.03. The van der Waals surface area contributed by atoms with E-state index in [1.54, 1.807) is 0 Å². The largest absolute Gasteiger partial charge is 0.390 e. The number of rotatable bonds is 2. The van der Waals surface area contributed by atoms with E-state index in [4.69, 9.17) is 4.74 Å². The molecule has 3 heterocycles. The Balaban J connectivity index is 1.63. The second-order valence-electron chi connectivity index (χ2n) is 6.34. The van der Waals surface area contributed by atoms with Crippen LogP contribution in [-0.2, 0) is 4.74 Å². The minimum absolute atomic E-state index is 0.140. The summed E-state index contributed by atoms with van der Waals surface area (Å²) in [4.78, 5) is 4.50. The van der Waals surface area contributed by atoms with Crippen molar-refractivity contribution in [1.82, 2.24) is 15.1 Å². The molecule has 1 N–H and O–H groups in total. The van der Waals surface area contributed by atoms with Crippen molar-refractivity contribution in [2.24, 2.45) is 0 Å². The number of aliphatic hydroxyl groups is 1. The van der Waals surface area contributed by atoms with E-state index < -0.39 is 0 Å². The molecule has 1 aromatic carbocycles. The Morgan fingerprint density at radius 1 is 1.09 bits per heavy atom. The van der Waals surface area contributed by atoms with E-state index in [2.05, 4.69) is 32.1 Å². The molecule has 0 radical (unpaired) electrons. The molecule has 2 aromatic rings. The van der Waals surface area contributed by atoms with Crippen LogP contribution in [0.3, 0.4) is 0 Å². The van der Waals surface area contributed by atoms with E-state index in [0.29, 0.717) is 6.54 Å². The van der Waals surface area contributed by atoms with Crippen LogP contribution in [0, 0.1) is 6.92 Å². The highest BCUT2D eigenvalue weighted by Crippen LogP contribution is 2.29. The van der Waals surface area contributed by atoms with Gasteiger partial charge in [-0.05, 0) is 6.92 Å². The molecule has 23 heavy (non-hydrogen) atoms. The van der Waals surface area contributed by atoms with Gasteiger partial charge in [0.15, 0.2) is 5.82 Å². The van der Waals surface area contributed by atoms with Gasteiger partial charge in [-0.3, -0.25) is 4.90 Å². The summed E-state index contributed by atoms with van der Waals surface area (Å²) in [5.41, 5.74) is 0.939. The summed E-state index contributed by atoms with van der Waals surface area (Å²) in [6, 6.07) is 8.35. The van der Waals surface area contributed by atoms with Gasteiger partial charge in [0.2, 0.25) is 0 Å². The summed E-state index contributed by atoms with van der Waals surface area (Å²) in [5.74, 6) is 0.876. The van der Waals surface area contributed by atoms with Crippen molar-refractivity contribution < 1.29 is 9.84 Å². The van der Waals surface area contributed by atoms with Gasteiger partial charge in [-0.25, -0.2) is 0 Å². The molecule has 0 spiro atoms. The first-order chi connectivity index (χ1) is 11.2. The number of β-amino-alcohol motifs (C(OH)–C–C–N with tert-alkyl or cyclic N) is 1. The lowest BCUT2D eigenvalue weighted by molar-refractivity contribution is -0.00588. The third kappa shape index (κ3) is 2.67. The summed E-state index contributed by atoms with van der Waals surface area (Å²) in [6.45, 7) is 6.62. The molecule has 122 valence electrons. The molecule has 0 aliphatic carbocycles. The fraction of sp³-hybridized carbons (Fsp3) is 0.529. The van der Waals surface area contributed by atoms with Crippen molar-refractivity contribution >= 4 is 16.6 Å². The highest BCUT2D eigenvalue weighted by Gasteiger charge is 2.37. The fourth-order valence-corrected chi connectivity index (χ4v) is 3.67. The summed E-state index contributed by atoms with van der Waals surface area (Å²) >= 11 is 0. The first-order valence-corrected chi connectivity index (χ1v) is 8.21. The normalized spacial score (nSPS) is 26.1. The number of nitrogens with zero attached hydrogens (tertiary/aromatic N) is 4. The summed E-state index contributed by atoms with van der Waals surface area (Å²) in [5, 5.41) is 21.5. The number of aryl methyl sites for hydroxylation is 1. The molecular weight excluding hydrogens is 292 g/mol. The van der Waals surface area contributed by atoms with Crippen LogP contribution in [0.25, 0.3) is 10.8 Å². The van der Waals surface area contributed by atoms with Gasteiger partial charge in [-0.1, -0.05) is 24.3 Å². The molecule has 4 rings (SSSR count). The van der Waals surface area contributed by atoms with Gasteiger partial charge in [0.05, 0.1) is 31.1 Å². The van der Waals surface area contributed by atoms with E-state index in [-0.39, 0.29) is 12.1 Å². The van der Waals surface area contributed by atoms with Crippen LogP contribution < -0.4 is 4.90 Å². The van der Waals surface area contributed by atoms with Crippen LogP contribution in [-0.4, -0.2) is 71.7 Å². The number of hydrogen-bond acceptors (Lipinski definition) is 6. The first-order valence-electron chi connectivity index (χ1n) is 8.21. The predicted octanol–water partition coefficient (Wildman–Crippen LogP) is 0.820. The fourth-order valence-electron chi connectivity index (χ4n) is 3.67. The van der Waals surface area contributed by atoms with Crippen molar-refractivity contribution in [3.05, 3.63) is 30.0 Å². The van der Waals surface area contributed by atoms with Gasteiger partial charge in [0.25, 0.3) is 0 Å². The van der Waals surface area contributed by atoms with E-state index in [1.165, 1.54) is 0 Å². The minimum atomic E-state index is -0.366. The molecule has 2 aliphatic rings. The standard InChI is InChI=1S/C17H22N4O2/c1-12-13-4-2-3-5-14(13)17(19-18-12)21-10-15(16(22)11-21)20-6-8-23-9-7-20/h2-5,15-16,22H,6-11H2,1H3/t15-,16-/m0/s1. The number of anilines is 1. The quantitative estimate of drug-likeness (QED) is 0.885. The summed E-state index contributed by atoms with van der Waals surface area (Å²) in [6.07, 6.45) is -0.366. The molecule has 0 amide bonds. The SMILES string of the molecule is Cc1nnc(N2C[C@H](O)[C@@H](N3CCOCC3)C2)c2ccccc12. The van der Waals surface area contributed by atoms with Crippen molar-refractivity contribution in [1.29, 1.82) is 0 Å². The summed E-state index contributed by atoms with van der Waals surface area (Å²) < 4.78 is 5.42. The molecule has 6 heteroatoms. The third-order valence-electron chi connectivity index (χ3n) is 4.93. The Bertz CT molecular complexity index is 702. The smallest absolute Gasteiger partial charge is 0.159 e. The third-order valence-corrected chi connectivity index (χ3v) is 4.93. The van der Waals surface area contributed by atoms with E-state index in [1.807, 2.05) is 19.1 Å². The molecule has 0 unspecified atom stereocenters. The molecule has 0 saturated carbocycles. The number of morpholine rings is 1. The van der Waals surface area contributed by atoms with Gasteiger partial charge in [0, 0.05) is 37.0 Å². The van der Waals surface area contributed by atoms with Crippen LogP contribution >= 0.6 is 0 Å². The Hall–Kier alpha value is -1.76. The van der Waals surface area contributed by atoms with E-state index >= 15 is 0 Å². The zero-order chi connectivity index (χ0) is 15.8. The Labute approximate surface area is 135 Å². The van der Waals surface area contributed by atoms with Crippen LogP contribution in [0.4, 0.5) is 5.82 Å². The topological polar surface area (TPSA) is 61.7 Å². The van der Waals surface area contributed by atoms with Gasteiger partial charge >= 0.3 is 0 Å². The lowest BCUT2D eigenvalue weighted by Gasteiger charge is -2.33. The molecule has 2 fully saturated rings. The van der Waals surface area contributed by atoms with Crippen molar-refractivity contribution in [3.63, 3.8) is 0 Å². The molecule has 1 aromatic heterocycles. The Morgan fingerprint density at radius 2 is 1.83 bits per heavy atom. The van der Waals surface area contributed by atoms with Crippen molar-refractivity contribution in [2.45, 2.75) is 19.1 Å². The van der Waals surface area contributed by atoms with Crippen LogP contribution in [0.5, 0.6) is 0 Å². The maximum absolute atomic E-state index is 10.5. The van der Waals surface area contributed by atoms with Crippen LogP contribution in [0.2, 0.25) is 0 Å². The van der Waals surface area contributed by atoms with Crippen LogP contribution in [0.15, 0.2) is 24.3 Å². The number of aliphatic hydroxyl groups excluding tert-OH is 1. The predicted molar refractivity (Wildman–Crippen MR) is 88.7 cm³/mol. The van der Waals surface area contributed by atoms with Crippen molar-refractivity contribution in [2.75, 3.05) is 44.3 Å². The second-order valence-corrected chi connectivity index (χ2v) is 6.34. The molecular formula is C17H22N4O2. The first kappa shape index (κ1) is 14.8. The number of benzene rings is 1. The molecule has 2 saturated heterocycles. The minimum Gasteiger partial charge on any atom is -0.390 e. The average Bonchev–Trinajstić information content (AvgIpc) is 2.98. The molecule has 2 aliphatic heterocycles. The zero-order valence-electron chi connectivity index (χ0n) is 13.4. The number of ether oxygens (including phenoxy) is 1. The lowest BCUT2D eigenvalue weighted by atomic mass is 10.1. The Morgan fingerprint density at radius 3 is 2.61 bits per heavy atom. The van der Waals surface area contributed by atoms with Gasteiger partial charge in [0.1, 0.15) is 0 Å². The van der Waals surface area contributed by atoms with E-state index in [9.17, 15) is 5.11 Å². The number of hydrogen-bond donors (Lipinski definition) is 1. The molecule has 6 nitrogen and oxygen atoms in total. The zero-order valence-corrected chi connectivity index (χ0v) is 13.4. The number of fused-ring (bicyclic) bond motifs is 1. The summed E-state index contributed by atoms with van der Waals surface area (Å²) in [7, 11) is 0. The van der Waals surface area contributed by atoms with Crippen molar-refractivity contribution in [3.8, 4) is 0 Å². The maximum Gasteiger partial charge on any atom is 0.159 e. The monoisotopic (exact) mass is 314 g/mol. The van der Waals surface area contributed by atoms with Gasteiger partial charge in [-0.2, -0.15) is 5.10 Å². The lowest BCUT2D eigenvalue weighted by Crippen LogP contribution is -2.48. The average molecular weight is 314 g/mol. The molecule has 0 bridgehead atoms. The van der Waals surface area contributed by atoms with E-state index in [0.717, 1.165) is 55.1 Å². The Kier molecular flexibility index (Phi) is 3.88. The van der Waals surface area contributed by atoms with Crippen LogP contribution in [0.1, 0.15) is 5.69 Å².